The van der Waals surface area contributed by atoms with Crippen molar-refractivity contribution in [1.82, 2.24) is 19.6 Å². The lowest BCUT2D eigenvalue weighted by Crippen LogP contribution is -2.23. The van der Waals surface area contributed by atoms with Crippen LogP contribution in [0.5, 0.6) is 0 Å². The summed E-state index contributed by atoms with van der Waals surface area (Å²) in [4.78, 5) is 12.2. The third kappa shape index (κ3) is 3.37. The second-order valence-corrected chi connectivity index (χ2v) is 6.39. The van der Waals surface area contributed by atoms with Crippen LogP contribution in [0, 0.1) is 5.92 Å². The van der Waals surface area contributed by atoms with E-state index in [1.54, 1.807) is 6.20 Å². The van der Waals surface area contributed by atoms with E-state index in [0.29, 0.717) is 24.2 Å². The molecule has 1 N–H and O–H groups in total. The van der Waals surface area contributed by atoms with Gasteiger partial charge < -0.3 is 5.32 Å². The number of hydrogen-bond acceptors (Lipinski definition) is 3. The van der Waals surface area contributed by atoms with Gasteiger partial charge in [-0.2, -0.15) is 10.2 Å². The Morgan fingerprint density at radius 2 is 2.23 bits per heavy atom. The van der Waals surface area contributed by atoms with Crippen LogP contribution in [0.15, 0.2) is 24.5 Å². The van der Waals surface area contributed by atoms with Gasteiger partial charge in [-0.25, -0.2) is 0 Å². The maximum atomic E-state index is 12.2. The monoisotopic (exact) mass is 301 g/mol. The SMILES string of the molecule is CC(C)Cn1ccc(NC(=O)Cc2ccnn2C2CCC2)n1. The lowest BCUT2D eigenvalue weighted by Gasteiger charge is -2.27. The van der Waals surface area contributed by atoms with Crippen LogP contribution in [-0.2, 0) is 17.8 Å². The van der Waals surface area contributed by atoms with Crippen LogP contribution in [0.25, 0.3) is 0 Å². The molecule has 1 amide bonds. The molecule has 6 nitrogen and oxygen atoms in total. The fourth-order valence-electron chi connectivity index (χ4n) is 2.70. The largest absolute Gasteiger partial charge is 0.309 e. The van der Waals surface area contributed by atoms with E-state index in [-0.39, 0.29) is 5.91 Å². The average molecular weight is 301 g/mol. The van der Waals surface area contributed by atoms with E-state index in [0.717, 1.165) is 25.1 Å². The maximum absolute atomic E-state index is 12.2. The van der Waals surface area contributed by atoms with Crippen molar-refractivity contribution < 1.29 is 4.79 Å². The van der Waals surface area contributed by atoms with E-state index >= 15 is 0 Å². The van der Waals surface area contributed by atoms with Crippen molar-refractivity contribution in [3.05, 3.63) is 30.2 Å². The molecule has 2 aromatic heterocycles. The Balaban J connectivity index is 1.58. The predicted molar refractivity (Wildman–Crippen MR) is 84.5 cm³/mol. The molecule has 22 heavy (non-hydrogen) atoms. The van der Waals surface area contributed by atoms with Gasteiger partial charge in [-0.15, -0.1) is 0 Å². The van der Waals surface area contributed by atoms with Crippen LogP contribution in [0.4, 0.5) is 5.82 Å². The zero-order valence-electron chi connectivity index (χ0n) is 13.2. The summed E-state index contributed by atoms with van der Waals surface area (Å²) in [5.41, 5.74) is 0.976. The summed E-state index contributed by atoms with van der Waals surface area (Å²) in [5.74, 6) is 1.09. The molecule has 0 unspecified atom stereocenters. The Bertz CT molecular complexity index is 639. The van der Waals surface area contributed by atoms with E-state index in [1.807, 2.05) is 27.7 Å². The molecule has 1 fully saturated rings. The molecule has 1 saturated carbocycles. The lowest BCUT2D eigenvalue weighted by molar-refractivity contribution is -0.115. The maximum Gasteiger partial charge on any atom is 0.231 e. The number of carbonyl (C=O) groups is 1. The fraction of sp³-hybridized carbons (Fsp3) is 0.562. The van der Waals surface area contributed by atoms with Gasteiger partial charge in [-0.05, 0) is 31.2 Å². The van der Waals surface area contributed by atoms with Gasteiger partial charge in [0.2, 0.25) is 5.91 Å². The van der Waals surface area contributed by atoms with Gasteiger partial charge in [0.05, 0.1) is 12.5 Å². The normalized spacial score (nSPS) is 15.0. The molecule has 6 heteroatoms. The minimum atomic E-state index is -0.0455. The van der Waals surface area contributed by atoms with E-state index in [4.69, 9.17) is 0 Å². The van der Waals surface area contributed by atoms with Gasteiger partial charge in [0, 0.05) is 30.7 Å². The molecule has 0 radical (unpaired) electrons. The number of rotatable bonds is 6. The Hall–Kier alpha value is -2.11. The molecule has 0 bridgehead atoms. The summed E-state index contributed by atoms with van der Waals surface area (Å²) in [6.07, 6.45) is 7.59. The average Bonchev–Trinajstić information content (AvgIpc) is 2.97. The summed E-state index contributed by atoms with van der Waals surface area (Å²) >= 11 is 0. The number of carbonyl (C=O) groups excluding carboxylic acids is 1. The lowest BCUT2D eigenvalue weighted by atomic mass is 9.93. The van der Waals surface area contributed by atoms with Crippen LogP contribution in [0.3, 0.4) is 0 Å². The van der Waals surface area contributed by atoms with Crippen LogP contribution < -0.4 is 5.32 Å². The first kappa shape index (κ1) is 14.8. The number of hydrogen-bond donors (Lipinski definition) is 1. The van der Waals surface area contributed by atoms with Crippen LogP contribution >= 0.6 is 0 Å². The molecule has 0 aromatic carbocycles. The van der Waals surface area contributed by atoms with E-state index in [2.05, 4.69) is 29.4 Å². The summed E-state index contributed by atoms with van der Waals surface area (Å²) in [5, 5.41) is 11.6. The van der Waals surface area contributed by atoms with E-state index in [1.165, 1.54) is 6.42 Å². The van der Waals surface area contributed by atoms with Crippen LogP contribution in [-0.4, -0.2) is 25.5 Å². The standard InChI is InChI=1S/C16H23N5O/c1-12(2)11-20-9-7-15(19-20)18-16(22)10-14-6-8-17-21(14)13-4-3-5-13/h6-9,12-13H,3-5,10-11H2,1-2H3,(H,18,19,22). The summed E-state index contributed by atoms with van der Waals surface area (Å²) in [6, 6.07) is 4.24. The van der Waals surface area contributed by atoms with Crippen molar-refractivity contribution in [3.8, 4) is 0 Å². The van der Waals surface area contributed by atoms with Gasteiger partial charge in [-0.1, -0.05) is 13.8 Å². The number of aromatic nitrogens is 4. The van der Waals surface area contributed by atoms with E-state index in [9.17, 15) is 4.79 Å². The van der Waals surface area contributed by atoms with Crippen LogP contribution in [0.2, 0.25) is 0 Å². The molecule has 0 spiro atoms. The minimum absolute atomic E-state index is 0.0455. The second kappa shape index (κ2) is 6.34. The van der Waals surface area contributed by atoms with Crippen molar-refractivity contribution in [3.63, 3.8) is 0 Å². The Labute approximate surface area is 130 Å². The third-order valence-corrected chi connectivity index (χ3v) is 3.97. The number of nitrogens with one attached hydrogen (secondary N) is 1. The molecular weight excluding hydrogens is 278 g/mol. The predicted octanol–water partition coefficient (Wildman–Crippen LogP) is 2.64. The molecule has 0 aliphatic heterocycles. The first-order chi connectivity index (χ1) is 10.6. The van der Waals surface area contributed by atoms with Gasteiger partial charge >= 0.3 is 0 Å². The zero-order valence-corrected chi connectivity index (χ0v) is 13.2. The fourth-order valence-corrected chi connectivity index (χ4v) is 2.70. The summed E-state index contributed by atoms with van der Waals surface area (Å²) < 4.78 is 3.86. The highest BCUT2D eigenvalue weighted by Crippen LogP contribution is 2.31. The van der Waals surface area contributed by atoms with Crippen molar-refractivity contribution in [2.75, 3.05) is 5.32 Å². The highest BCUT2D eigenvalue weighted by molar-refractivity contribution is 5.91. The number of nitrogens with zero attached hydrogens (tertiary/aromatic N) is 4. The van der Waals surface area contributed by atoms with Crippen molar-refractivity contribution in [2.45, 2.75) is 52.1 Å². The quantitative estimate of drug-likeness (QED) is 0.892. The molecule has 3 rings (SSSR count). The number of amides is 1. The Morgan fingerprint density at radius 1 is 1.41 bits per heavy atom. The molecule has 0 saturated heterocycles. The molecule has 118 valence electrons. The highest BCUT2D eigenvalue weighted by Gasteiger charge is 2.22. The van der Waals surface area contributed by atoms with Crippen molar-refractivity contribution >= 4 is 11.7 Å². The topological polar surface area (TPSA) is 64.7 Å². The molecular formula is C16H23N5O. The van der Waals surface area contributed by atoms with Crippen LogP contribution in [0.1, 0.15) is 44.8 Å². The van der Waals surface area contributed by atoms with Gasteiger partial charge in [0.15, 0.2) is 5.82 Å². The first-order valence-electron chi connectivity index (χ1n) is 7.97. The van der Waals surface area contributed by atoms with Gasteiger partial charge in [0.1, 0.15) is 0 Å². The molecule has 2 aromatic rings. The molecule has 0 atom stereocenters. The van der Waals surface area contributed by atoms with E-state index < -0.39 is 0 Å². The smallest absolute Gasteiger partial charge is 0.231 e. The third-order valence-electron chi connectivity index (χ3n) is 3.97. The Morgan fingerprint density at radius 3 is 2.91 bits per heavy atom. The second-order valence-electron chi connectivity index (χ2n) is 6.39. The minimum Gasteiger partial charge on any atom is -0.309 e. The zero-order chi connectivity index (χ0) is 15.5. The molecule has 1 aliphatic carbocycles. The Kier molecular flexibility index (Phi) is 4.27. The van der Waals surface area contributed by atoms with Crippen molar-refractivity contribution in [1.29, 1.82) is 0 Å². The molecule has 2 heterocycles. The highest BCUT2D eigenvalue weighted by atomic mass is 16.1. The molecule has 1 aliphatic rings. The van der Waals surface area contributed by atoms with Gasteiger partial charge in [-0.3, -0.25) is 14.2 Å². The first-order valence-corrected chi connectivity index (χ1v) is 7.97. The van der Waals surface area contributed by atoms with Gasteiger partial charge in [0.25, 0.3) is 0 Å². The van der Waals surface area contributed by atoms with Crippen molar-refractivity contribution in [2.24, 2.45) is 5.92 Å². The summed E-state index contributed by atoms with van der Waals surface area (Å²) in [7, 11) is 0. The number of anilines is 1. The summed E-state index contributed by atoms with van der Waals surface area (Å²) in [6.45, 7) is 5.13.